The van der Waals surface area contributed by atoms with Crippen LogP contribution in [0.25, 0.3) is 0 Å². The highest BCUT2D eigenvalue weighted by atomic mass is 14.0. The van der Waals surface area contributed by atoms with Crippen LogP contribution in [0.1, 0.15) is 55.9 Å². The first-order valence-corrected chi connectivity index (χ1v) is 4.85. The summed E-state index contributed by atoms with van der Waals surface area (Å²) in [4.78, 5) is 0. The number of hydrogen-bond acceptors (Lipinski definition) is 0. The molecule has 0 heterocycles. The lowest BCUT2D eigenvalue weighted by atomic mass is 10.0. The molecule has 0 saturated heterocycles. The van der Waals surface area contributed by atoms with E-state index in [0.717, 1.165) is 0 Å². The Bertz CT molecular complexity index is 143. The SMILES string of the molecule is C.CC.CC(C)=C/C=C(\C)C(C)C. The largest absolute Gasteiger partial charge is 0.0776 e. The Kier molecular flexibility index (Phi) is 16.2. The van der Waals surface area contributed by atoms with Crippen LogP contribution < -0.4 is 0 Å². The maximum Gasteiger partial charge on any atom is -0.0260 e. The van der Waals surface area contributed by atoms with E-state index >= 15 is 0 Å². The van der Waals surface area contributed by atoms with Gasteiger partial charge in [0.2, 0.25) is 0 Å². The number of hydrogen-bond donors (Lipinski definition) is 0. The van der Waals surface area contributed by atoms with E-state index in [-0.39, 0.29) is 7.43 Å². The van der Waals surface area contributed by atoms with Crippen molar-refractivity contribution >= 4 is 0 Å². The molecule has 13 heavy (non-hydrogen) atoms. The summed E-state index contributed by atoms with van der Waals surface area (Å²) in [5, 5.41) is 0. The van der Waals surface area contributed by atoms with E-state index in [0.29, 0.717) is 5.92 Å². The maximum atomic E-state index is 2.21. The molecule has 80 valence electrons. The highest BCUT2D eigenvalue weighted by molar-refractivity contribution is 5.15. The summed E-state index contributed by atoms with van der Waals surface area (Å²) in [6, 6.07) is 0. The van der Waals surface area contributed by atoms with Crippen LogP contribution in [0.3, 0.4) is 0 Å². The van der Waals surface area contributed by atoms with E-state index in [1.54, 1.807) is 0 Å². The highest BCUT2D eigenvalue weighted by Gasteiger charge is 1.92. The Hall–Kier alpha value is -0.520. The Labute approximate surface area is 85.8 Å². The molecule has 0 aromatic rings. The first kappa shape index (κ1) is 18.3. The minimum atomic E-state index is 0. The molecule has 0 heteroatoms. The molecule has 0 unspecified atom stereocenters. The summed E-state index contributed by atoms with van der Waals surface area (Å²) in [7, 11) is 0. The van der Waals surface area contributed by atoms with Gasteiger partial charge in [-0.3, -0.25) is 0 Å². The molecule has 0 aromatic heterocycles. The second-order valence-corrected chi connectivity index (χ2v) is 3.31. The van der Waals surface area contributed by atoms with Crippen LogP contribution >= 0.6 is 0 Å². The van der Waals surface area contributed by atoms with Gasteiger partial charge < -0.3 is 0 Å². The van der Waals surface area contributed by atoms with Crippen molar-refractivity contribution in [3.63, 3.8) is 0 Å². The van der Waals surface area contributed by atoms with Crippen LogP contribution in [-0.2, 0) is 0 Å². The fourth-order valence-corrected chi connectivity index (χ4v) is 0.491. The summed E-state index contributed by atoms with van der Waals surface area (Å²) < 4.78 is 0. The van der Waals surface area contributed by atoms with E-state index in [9.17, 15) is 0 Å². The number of allylic oxidation sites excluding steroid dienone is 4. The molecular weight excluding hydrogens is 156 g/mol. The summed E-state index contributed by atoms with van der Waals surface area (Å²) >= 11 is 0. The zero-order chi connectivity index (χ0) is 10.1. The Balaban J connectivity index is -0.000000309. The van der Waals surface area contributed by atoms with Gasteiger partial charge in [0.05, 0.1) is 0 Å². The summed E-state index contributed by atoms with van der Waals surface area (Å²) in [6.07, 6.45) is 4.36. The predicted molar refractivity (Wildman–Crippen MR) is 66.1 cm³/mol. The van der Waals surface area contributed by atoms with Crippen LogP contribution in [0.2, 0.25) is 0 Å². The first-order valence-electron chi connectivity index (χ1n) is 4.85. The molecule has 0 aliphatic carbocycles. The van der Waals surface area contributed by atoms with Crippen LogP contribution in [0.5, 0.6) is 0 Å². The van der Waals surface area contributed by atoms with Crippen LogP contribution in [0.4, 0.5) is 0 Å². The normalized spacial score (nSPS) is 9.69. The highest BCUT2D eigenvalue weighted by Crippen LogP contribution is 2.08. The van der Waals surface area contributed by atoms with Gasteiger partial charge in [-0.1, -0.05) is 58.4 Å². The van der Waals surface area contributed by atoms with Crippen molar-refractivity contribution in [1.82, 2.24) is 0 Å². The van der Waals surface area contributed by atoms with Gasteiger partial charge in [-0.05, 0) is 26.7 Å². The standard InChI is InChI=1S/C10H18.C2H6.CH4/c1-8(2)6-7-10(5)9(3)4;1-2;/h6-7,9H,1-5H3;1-2H3;1H4/b10-7+;;. The van der Waals surface area contributed by atoms with E-state index < -0.39 is 0 Å². The molecule has 0 fully saturated rings. The average molecular weight is 184 g/mol. The second kappa shape index (κ2) is 11.5. The Morgan fingerprint density at radius 1 is 0.923 bits per heavy atom. The minimum absolute atomic E-state index is 0. The molecule has 0 spiro atoms. The molecule has 0 N–H and O–H groups in total. The van der Waals surface area contributed by atoms with Gasteiger partial charge in [-0.2, -0.15) is 0 Å². The van der Waals surface area contributed by atoms with Gasteiger partial charge in [0.25, 0.3) is 0 Å². The minimum Gasteiger partial charge on any atom is -0.0776 e. The van der Waals surface area contributed by atoms with Crippen molar-refractivity contribution < 1.29 is 0 Å². The second-order valence-electron chi connectivity index (χ2n) is 3.31. The topological polar surface area (TPSA) is 0 Å². The lowest BCUT2D eigenvalue weighted by Gasteiger charge is -2.01. The van der Waals surface area contributed by atoms with Gasteiger partial charge in [0.1, 0.15) is 0 Å². The van der Waals surface area contributed by atoms with Gasteiger partial charge >= 0.3 is 0 Å². The third-order valence-electron chi connectivity index (χ3n) is 1.59. The third kappa shape index (κ3) is 14.3. The summed E-state index contributed by atoms with van der Waals surface area (Å²) in [5.41, 5.74) is 2.81. The van der Waals surface area contributed by atoms with Crippen LogP contribution in [0.15, 0.2) is 23.3 Å². The summed E-state index contributed by atoms with van der Waals surface area (Å²) in [5.74, 6) is 0.676. The molecule has 0 saturated carbocycles. The van der Waals surface area contributed by atoms with Crippen molar-refractivity contribution in [1.29, 1.82) is 0 Å². The van der Waals surface area contributed by atoms with Gasteiger partial charge in [-0.25, -0.2) is 0 Å². The average Bonchev–Trinajstić information content (AvgIpc) is 2.03. The number of rotatable bonds is 2. The fraction of sp³-hybridized carbons (Fsp3) is 0.692. The quantitative estimate of drug-likeness (QED) is 0.516. The predicted octanol–water partition coefficient (Wildman–Crippen LogP) is 5.22. The fourth-order valence-electron chi connectivity index (χ4n) is 0.491. The zero-order valence-electron chi connectivity index (χ0n) is 9.73. The lowest BCUT2D eigenvalue weighted by Crippen LogP contribution is -1.86. The Morgan fingerprint density at radius 3 is 1.54 bits per heavy atom. The molecule has 0 aliphatic heterocycles. The molecular formula is C13H28. The van der Waals surface area contributed by atoms with Gasteiger partial charge in [0.15, 0.2) is 0 Å². The van der Waals surface area contributed by atoms with Crippen molar-refractivity contribution in [2.24, 2.45) is 5.92 Å². The molecule has 0 atom stereocenters. The van der Waals surface area contributed by atoms with Crippen LogP contribution in [0, 0.1) is 5.92 Å². The van der Waals surface area contributed by atoms with Crippen molar-refractivity contribution in [3.05, 3.63) is 23.3 Å². The lowest BCUT2D eigenvalue weighted by molar-refractivity contribution is 0.769. The zero-order valence-corrected chi connectivity index (χ0v) is 9.73. The molecule has 0 rings (SSSR count). The smallest absolute Gasteiger partial charge is 0.0260 e. The molecule has 0 aliphatic rings. The van der Waals surface area contributed by atoms with Crippen LogP contribution in [-0.4, -0.2) is 0 Å². The van der Waals surface area contributed by atoms with E-state index in [1.165, 1.54) is 11.1 Å². The maximum absolute atomic E-state index is 2.21. The molecule has 0 bridgehead atoms. The van der Waals surface area contributed by atoms with Crippen molar-refractivity contribution in [3.8, 4) is 0 Å². The first-order chi connectivity index (χ1) is 5.54. The van der Waals surface area contributed by atoms with Crippen molar-refractivity contribution in [2.75, 3.05) is 0 Å². The Morgan fingerprint density at radius 2 is 1.31 bits per heavy atom. The van der Waals surface area contributed by atoms with Gasteiger partial charge in [-0.15, -0.1) is 0 Å². The monoisotopic (exact) mass is 184 g/mol. The summed E-state index contributed by atoms with van der Waals surface area (Å²) in [6.45, 7) is 14.8. The van der Waals surface area contributed by atoms with E-state index in [1.807, 2.05) is 13.8 Å². The molecule has 0 nitrogen and oxygen atoms in total. The molecule has 0 aromatic carbocycles. The van der Waals surface area contributed by atoms with E-state index in [4.69, 9.17) is 0 Å². The van der Waals surface area contributed by atoms with Gasteiger partial charge in [0, 0.05) is 0 Å². The van der Waals surface area contributed by atoms with E-state index in [2.05, 4.69) is 46.8 Å². The third-order valence-corrected chi connectivity index (χ3v) is 1.59. The molecule has 0 amide bonds. The molecule has 0 radical (unpaired) electrons. The van der Waals surface area contributed by atoms with Crippen molar-refractivity contribution in [2.45, 2.75) is 55.9 Å².